The fraction of sp³-hybridized carbons (Fsp3) is 0.111. The van der Waals surface area contributed by atoms with Crippen LogP contribution in [-0.2, 0) is 0 Å². The molecule has 0 saturated carbocycles. The van der Waals surface area contributed by atoms with Crippen LogP contribution >= 0.6 is 43.5 Å². The minimum atomic E-state index is 0.119. The maximum absolute atomic E-state index is 6.26. The number of halogens is 3. The van der Waals surface area contributed by atoms with Gasteiger partial charge in [0.1, 0.15) is 0 Å². The van der Waals surface area contributed by atoms with Crippen molar-refractivity contribution in [3.8, 4) is 0 Å². The van der Waals surface area contributed by atoms with Gasteiger partial charge in [-0.15, -0.1) is 0 Å². The van der Waals surface area contributed by atoms with Crippen LogP contribution in [0.5, 0.6) is 0 Å². The molecule has 0 N–H and O–H groups in total. The Morgan fingerprint density at radius 3 is 2.38 bits per heavy atom. The summed E-state index contributed by atoms with van der Waals surface area (Å²) in [5.74, 6) is 0. The molecule has 1 atom stereocenters. The Balaban J connectivity index is 2.15. The highest BCUT2D eigenvalue weighted by Gasteiger charge is 2.15. The lowest BCUT2D eigenvalue weighted by Crippen LogP contribution is -1.95. The first-order valence-electron chi connectivity index (χ1n) is 6.65. The van der Waals surface area contributed by atoms with Crippen LogP contribution in [0, 0.1) is 6.92 Å². The zero-order valence-corrected chi connectivity index (χ0v) is 15.3. The predicted octanol–water partition coefficient (Wildman–Crippen LogP) is 7.05. The molecule has 1 unspecified atom stereocenters. The maximum Gasteiger partial charge on any atom is 0.0651 e. The van der Waals surface area contributed by atoms with Gasteiger partial charge in [-0.2, -0.15) is 0 Å². The van der Waals surface area contributed by atoms with Crippen molar-refractivity contribution in [3.05, 3.63) is 80.8 Å². The highest BCUT2D eigenvalue weighted by Crippen LogP contribution is 2.38. The molecular formula is C18H13Br2Cl. The van der Waals surface area contributed by atoms with Crippen LogP contribution in [0.15, 0.2) is 59.1 Å². The van der Waals surface area contributed by atoms with E-state index in [-0.39, 0.29) is 4.83 Å². The molecular weight excluding hydrogens is 411 g/mol. The normalized spacial score (nSPS) is 12.6. The van der Waals surface area contributed by atoms with Crippen LogP contribution in [0.1, 0.15) is 21.5 Å². The Kier molecular flexibility index (Phi) is 4.39. The molecule has 0 aliphatic rings. The maximum atomic E-state index is 6.26. The smallest absolute Gasteiger partial charge is 0.0651 e. The third kappa shape index (κ3) is 2.90. The molecule has 0 fully saturated rings. The Morgan fingerprint density at radius 2 is 1.67 bits per heavy atom. The van der Waals surface area contributed by atoms with Gasteiger partial charge in [0.15, 0.2) is 0 Å². The van der Waals surface area contributed by atoms with E-state index in [1.54, 1.807) is 0 Å². The molecule has 0 heterocycles. The van der Waals surface area contributed by atoms with Crippen molar-refractivity contribution in [1.82, 2.24) is 0 Å². The average molecular weight is 425 g/mol. The largest absolute Gasteiger partial charge is 0.0840 e. The zero-order chi connectivity index (χ0) is 15.0. The first-order valence-corrected chi connectivity index (χ1v) is 8.74. The number of alkyl halides is 1. The lowest BCUT2D eigenvalue weighted by molar-refractivity contribution is 1.19. The second-order valence-electron chi connectivity index (χ2n) is 5.05. The van der Waals surface area contributed by atoms with Gasteiger partial charge in [-0.3, -0.25) is 0 Å². The average Bonchev–Trinajstić information content (AvgIpc) is 2.50. The molecule has 3 aromatic rings. The van der Waals surface area contributed by atoms with Crippen molar-refractivity contribution in [2.45, 2.75) is 11.8 Å². The third-order valence-electron chi connectivity index (χ3n) is 3.67. The Bertz CT molecular complexity index is 811. The molecule has 0 aliphatic carbocycles. The van der Waals surface area contributed by atoms with E-state index in [9.17, 15) is 0 Å². The molecule has 0 aromatic heterocycles. The van der Waals surface area contributed by atoms with Gasteiger partial charge in [-0.1, -0.05) is 85.9 Å². The van der Waals surface area contributed by atoms with Crippen LogP contribution in [0.4, 0.5) is 0 Å². The third-order valence-corrected chi connectivity index (χ3v) is 5.79. The highest BCUT2D eigenvalue weighted by atomic mass is 79.9. The molecule has 0 amide bonds. The van der Waals surface area contributed by atoms with E-state index in [0.29, 0.717) is 0 Å². The van der Waals surface area contributed by atoms with Gasteiger partial charge in [0.05, 0.1) is 4.83 Å². The summed E-state index contributed by atoms with van der Waals surface area (Å²) >= 11 is 13.7. The monoisotopic (exact) mass is 422 g/mol. The summed E-state index contributed by atoms with van der Waals surface area (Å²) in [7, 11) is 0. The Labute approximate surface area is 146 Å². The molecule has 0 bridgehead atoms. The van der Waals surface area contributed by atoms with Gasteiger partial charge in [-0.05, 0) is 46.5 Å². The molecule has 106 valence electrons. The van der Waals surface area contributed by atoms with Crippen LogP contribution in [0.25, 0.3) is 10.8 Å². The fourth-order valence-electron chi connectivity index (χ4n) is 2.45. The number of hydrogen-bond donors (Lipinski definition) is 0. The van der Waals surface area contributed by atoms with Gasteiger partial charge in [-0.25, -0.2) is 0 Å². The molecule has 0 saturated heterocycles. The Hall–Kier alpha value is -0.830. The SMILES string of the molecule is Cc1ccc(C(Br)c2ccc(Br)c3ccccc23)cc1Cl. The van der Waals surface area contributed by atoms with Crippen molar-refractivity contribution in [2.24, 2.45) is 0 Å². The lowest BCUT2D eigenvalue weighted by atomic mass is 9.98. The summed E-state index contributed by atoms with van der Waals surface area (Å²) in [6.07, 6.45) is 0. The molecule has 3 heteroatoms. The van der Waals surface area contributed by atoms with Gasteiger partial charge < -0.3 is 0 Å². The molecule has 21 heavy (non-hydrogen) atoms. The standard InChI is InChI=1S/C18H13Br2Cl/c1-11-6-7-12(10-17(11)21)18(20)15-8-9-16(19)14-5-3-2-4-13(14)15/h2-10,18H,1H3. The number of benzene rings is 3. The molecule has 0 radical (unpaired) electrons. The van der Waals surface area contributed by atoms with Gasteiger partial charge in [0.2, 0.25) is 0 Å². The van der Waals surface area contributed by atoms with Gasteiger partial charge in [0.25, 0.3) is 0 Å². The molecule has 3 aromatic carbocycles. The van der Waals surface area contributed by atoms with Crippen LogP contribution in [0.3, 0.4) is 0 Å². The summed E-state index contributed by atoms with van der Waals surface area (Å²) < 4.78 is 1.11. The summed E-state index contributed by atoms with van der Waals surface area (Å²) in [5.41, 5.74) is 3.51. The van der Waals surface area contributed by atoms with E-state index in [1.807, 2.05) is 13.0 Å². The van der Waals surface area contributed by atoms with E-state index in [0.717, 1.165) is 20.6 Å². The first kappa shape index (κ1) is 15.1. The van der Waals surface area contributed by atoms with Gasteiger partial charge >= 0.3 is 0 Å². The molecule has 0 aliphatic heterocycles. The van der Waals surface area contributed by atoms with Crippen LogP contribution in [-0.4, -0.2) is 0 Å². The highest BCUT2D eigenvalue weighted by molar-refractivity contribution is 9.10. The summed E-state index contributed by atoms with van der Waals surface area (Å²) in [6, 6.07) is 18.9. The van der Waals surface area contributed by atoms with Crippen molar-refractivity contribution < 1.29 is 0 Å². The van der Waals surface area contributed by atoms with Crippen molar-refractivity contribution in [1.29, 1.82) is 0 Å². The number of aryl methyl sites for hydroxylation is 1. The number of hydrogen-bond acceptors (Lipinski definition) is 0. The minimum absolute atomic E-state index is 0.119. The van der Waals surface area contributed by atoms with E-state index in [4.69, 9.17) is 11.6 Å². The van der Waals surface area contributed by atoms with E-state index in [1.165, 1.54) is 16.3 Å². The minimum Gasteiger partial charge on any atom is -0.0840 e. The fourth-order valence-corrected chi connectivity index (χ4v) is 3.80. The van der Waals surface area contributed by atoms with Crippen molar-refractivity contribution in [3.63, 3.8) is 0 Å². The number of rotatable bonds is 2. The topological polar surface area (TPSA) is 0 Å². The first-order chi connectivity index (χ1) is 10.1. The number of fused-ring (bicyclic) bond motifs is 1. The summed E-state index contributed by atoms with van der Waals surface area (Å²) in [4.78, 5) is 0.119. The van der Waals surface area contributed by atoms with Crippen molar-refractivity contribution >= 4 is 54.2 Å². The zero-order valence-electron chi connectivity index (χ0n) is 11.4. The van der Waals surface area contributed by atoms with Crippen LogP contribution in [0.2, 0.25) is 5.02 Å². The summed E-state index contributed by atoms with van der Waals surface area (Å²) in [6.45, 7) is 2.02. The molecule has 0 nitrogen and oxygen atoms in total. The van der Waals surface area contributed by atoms with E-state index >= 15 is 0 Å². The second-order valence-corrected chi connectivity index (χ2v) is 7.23. The van der Waals surface area contributed by atoms with Gasteiger partial charge in [0, 0.05) is 9.50 Å². The molecule has 3 rings (SSSR count). The van der Waals surface area contributed by atoms with E-state index < -0.39 is 0 Å². The van der Waals surface area contributed by atoms with Crippen molar-refractivity contribution in [2.75, 3.05) is 0 Å². The van der Waals surface area contributed by atoms with Crippen LogP contribution < -0.4 is 0 Å². The second kappa shape index (κ2) is 6.12. The quantitative estimate of drug-likeness (QED) is 0.387. The predicted molar refractivity (Wildman–Crippen MR) is 98.6 cm³/mol. The summed E-state index contributed by atoms with van der Waals surface area (Å²) in [5, 5.41) is 3.27. The Morgan fingerprint density at radius 1 is 0.952 bits per heavy atom. The van der Waals surface area contributed by atoms with E-state index in [2.05, 4.69) is 80.4 Å². The lowest BCUT2D eigenvalue weighted by Gasteiger charge is -2.15. The molecule has 0 spiro atoms.